The molecule has 36 heavy (non-hydrogen) atoms. The van der Waals surface area contributed by atoms with Crippen LogP contribution in [0.1, 0.15) is 51.5 Å². The number of hydrogen-bond donors (Lipinski definition) is 1. The molecule has 0 aromatic heterocycles. The summed E-state index contributed by atoms with van der Waals surface area (Å²) in [7, 11) is 0. The van der Waals surface area contributed by atoms with Crippen molar-refractivity contribution in [3.63, 3.8) is 0 Å². The number of piperidine rings is 1. The highest BCUT2D eigenvalue weighted by molar-refractivity contribution is 5.94. The normalized spacial score (nSPS) is 22.1. The zero-order chi connectivity index (χ0) is 25.3. The molecular weight excluding hydrogens is 456 g/mol. The molecular formula is C28H44N4O4. The van der Waals surface area contributed by atoms with Gasteiger partial charge in [-0.05, 0) is 75.6 Å². The van der Waals surface area contributed by atoms with Crippen molar-refractivity contribution >= 4 is 17.6 Å². The number of anilines is 1. The van der Waals surface area contributed by atoms with Crippen molar-refractivity contribution in [1.82, 2.24) is 14.7 Å². The summed E-state index contributed by atoms with van der Waals surface area (Å²) in [5.41, 5.74) is 2.08. The van der Waals surface area contributed by atoms with Crippen LogP contribution in [0.25, 0.3) is 0 Å². The van der Waals surface area contributed by atoms with Crippen LogP contribution in [0.5, 0.6) is 0 Å². The Hall–Kier alpha value is -2.16. The molecule has 0 bridgehead atoms. The second kappa shape index (κ2) is 13.4. The fraction of sp³-hybridized carbons (Fsp3) is 0.714. The highest BCUT2D eigenvalue weighted by Gasteiger charge is 2.29. The molecule has 3 aliphatic rings. The van der Waals surface area contributed by atoms with E-state index >= 15 is 0 Å². The molecule has 3 fully saturated rings. The highest BCUT2D eigenvalue weighted by atomic mass is 16.5. The first kappa shape index (κ1) is 26.9. The summed E-state index contributed by atoms with van der Waals surface area (Å²) >= 11 is 0. The van der Waals surface area contributed by atoms with E-state index in [9.17, 15) is 9.59 Å². The Morgan fingerprint density at radius 2 is 1.83 bits per heavy atom. The predicted octanol–water partition coefficient (Wildman–Crippen LogP) is 3.61. The second-order valence-corrected chi connectivity index (χ2v) is 10.6. The predicted molar refractivity (Wildman–Crippen MR) is 141 cm³/mol. The van der Waals surface area contributed by atoms with E-state index in [1.54, 1.807) is 0 Å². The molecule has 3 aliphatic heterocycles. The van der Waals surface area contributed by atoms with E-state index in [1.807, 2.05) is 21.9 Å². The number of ether oxygens (including phenoxy) is 2. The average Bonchev–Trinajstić information content (AvgIpc) is 3.45. The summed E-state index contributed by atoms with van der Waals surface area (Å²) in [5, 5.41) is 3.03. The van der Waals surface area contributed by atoms with E-state index in [-0.39, 0.29) is 18.0 Å². The molecule has 200 valence electrons. The second-order valence-electron chi connectivity index (χ2n) is 10.6. The summed E-state index contributed by atoms with van der Waals surface area (Å²) in [6.07, 6.45) is 5.62. The summed E-state index contributed by atoms with van der Waals surface area (Å²) in [4.78, 5) is 31.8. The first-order valence-electron chi connectivity index (χ1n) is 13.9. The average molecular weight is 501 g/mol. The Labute approximate surface area is 216 Å². The van der Waals surface area contributed by atoms with E-state index in [4.69, 9.17) is 9.47 Å². The van der Waals surface area contributed by atoms with Crippen LogP contribution < -0.4 is 5.32 Å². The Kier molecular flexibility index (Phi) is 10.0. The summed E-state index contributed by atoms with van der Waals surface area (Å²) in [5.74, 6) is 0.577. The number of hydrogen-bond acceptors (Lipinski definition) is 5. The summed E-state index contributed by atoms with van der Waals surface area (Å²) in [6.45, 7) is 11.8. The van der Waals surface area contributed by atoms with Crippen molar-refractivity contribution in [1.29, 1.82) is 0 Å². The molecule has 3 saturated heterocycles. The first-order chi connectivity index (χ1) is 17.5. The Morgan fingerprint density at radius 1 is 1.08 bits per heavy atom. The van der Waals surface area contributed by atoms with Gasteiger partial charge < -0.3 is 29.5 Å². The molecule has 3 heterocycles. The van der Waals surface area contributed by atoms with Crippen LogP contribution in [-0.2, 0) is 20.7 Å². The number of urea groups is 1. The third-order valence-electron chi connectivity index (χ3n) is 7.74. The standard InChI is InChI=1S/C28H44N4O4/c1-3-11-32(21-23-9-12-30(13-10-23)28(34)31-14-17-35-18-15-31)22(2)19-24-6-4-7-25(20-24)29-27(33)26-8-5-16-36-26/h4,6-7,20,22-23,26H,3,5,8-19,21H2,1-2H3,(H,29,33)/t22?,26-/m0/s1. The third-order valence-corrected chi connectivity index (χ3v) is 7.74. The van der Waals surface area contributed by atoms with Crippen LogP contribution >= 0.6 is 0 Å². The molecule has 1 aromatic carbocycles. The number of morpholine rings is 1. The van der Waals surface area contributed by atoms with Crippen LogP contribution in [-0.4, -0.2) is 97.9 Å². The number of nitrogens with one attached hydrogen (secondary N) is 1. The fourth-order valence-corrected chi connectivity index (χ4v) is 5.63. The van der Waals surface area contributed by atoms with Crippen molar-refractivity contribution in [2.45, 2.75) is 64.5 Å². The van der Waals surface area contributed by atoms with Gasteiger partial charge in [-0.2, -0.15) is 0 Å². The third kappa shape index (κ3) is 7.43. The maximum atomic E-state index is 12.8. The molecule has 0 spiro atoms. The topological polar surface area (TPSA) is 74.4 Å². The van der Waals surface area contributed by atoms with Gasteiger partial charge in [0.2, 0.25) is 0 Å². The van der Waals surface area contributed by atoms with Crippen molar-refractivity contribution in [2.75, 3.05) is 64.4 Å². The number of nitrogens with zero attached hydrogens (tertiary/aromatic N) is 3. The van der Waals surface area contributed by atoms with Gasteiger partial charge in [-0.25, -0.2) is 4.79 Å². The van der Waals surface area contributed by atoms with Gasteiger partial charge in [0.25, 0.3) is 5.91 Å². The molecule has 0 aliphatic carbocycles. The molecule has 8 heteroatoms. The molecule has 1 N–H and O–H groups in total. The molecule has 1 aromatic rings. The van der Waals surface area contributed by atoms with Gasteiger partial charge in [0, 0.05) is 51.1 Å². The van der Waals surface area contributed by atoms with Crippen molar-refractivity contribution in [3.05, 3.63) is 29.8 Å². The maximum absolute atomic E-state index is 12.8. The zero-order valence-corrected chi connectivity index (χ0v) is 22.1. The largest absolute Gasteiger partial charge is 0.378 e. The Morgan fingerprint density at radius 3 is 2.53 bits per heavy atom. The van der Waals surface area contributed by atoms with E-state index in [0.29, 0.717) is 44.9 Å². The Bertz CT molecular complexity index is 846. The quantitative estimate of drug-likeness (QED) is 0.561. The minimum absolute atomic E-state index is 0.0382. The van der Waals surface area contributed by atoms with Crippen molar-refractivity contribution < 1.29 is 19.1 Å². The minimum Gasteiger partial charge on any atom is -0.378 e. The molecule has 3 amide bonds. The van der Waals surface area contributed by atoms with E-state index in [0.717, 1.165) is 70.4 Å². The SMILES string of the molecule is CCCN(CC1CCN(C(=O)N2CCOCC2)CC1)C(C)Cc1cccc(NC(=O)[C@@H]2CCCO2)c1. The summed E-state index contributed by atoms with van der Waals surface area (Å²) < 4.78 is 10.9. The molecule has 8 nitrogen and oxygen atoms in total. The van der Waals surface area contributed by atoms with Crippen LogP contribution in [0, 0.1) is 5.92 Å². The van der Waals surface area contributed by atoms with Gasteiger partial charge in [0.05, 0.1) is 13.2 Å². The molecule has 2 atom stereocenters. The van der Waals surface area contributed by atoms with Gasteiger partial charge in [0.15, 0.2) is 0 Å². The molecule has 0 radical (unpaired) electrons. The highest BCUT2D eigenvalue weighted by Crippen LogP contribution is 2.23. The maximum Gasteiger partial charge on any atom is 0.320 e. The smallest absolute Gasteiger partial charge is 0.320 e. The van der Waals surface area contributed by atoms with Gasteiger partial charge >= 0.3 is 6.03 Å². The summed E-state index contributed by atoms with van der Waals surface area (Å²) in [6, 6.07) is 8.82. The first-order valence-corrected chi connectivity index (χ1v) is 13.9. The number of carbonyl (C=O) groups is 2. The van der Waals surface area contributed by atoms with Gasteiger partial charge in [-0.15, -0.1) is 0 Å². The number of carbonyl (C=O) groups excluding carboxylic acids is 2. The van der Waals surface area contributed by atoms with Gasteiger partial charge in [0.1, 0.15) is 6.10 Å². The van der Waals surface area contributed by atoms with E-state index in [1.165, 1.54) is 5.56 Å². The van der Waals surface area contributed by atoms with Gasteiger partial charge in [-0.1, -0.05) is 19.1 Å². The van der Waals surface area contributed by atoms with Crippen molar-refractivity contribution in [3.8, 4) is 0 Å². The number of benzene rings is 1. The van der Waals surface area contributed by atoms with Crippen molar-refractivity contribution in [2.24, 2.45) is 5.92 Å². The number of likely N-dealkylation sites (tertiary alicyclic amines) is 1. The van der Waals surface area contributed by atoms with E-state index < -0.39 is 0 Å². The zero-order valence-electron chi connectivity index (χ0n) is 22.1. The van der Waals surface area contributed by atoms with Gasteiger partial charge in [-0.3, -0.25) is 4.79 Å². The molecule has 4 rings (SSSR count). The lowest BCUT2D eigenvalue weighted by molar-refractivity contribution is -0.124. The van der Waals surface area contributed by atoms with E-state index in [2.05, 4.69) is 36.2 Å². The van der Waals surface area contributed by atoms with Crippen LogP contribution in [0.15, 0.2) is 24.3 Å². The Balaban J connectivity index is 1.26. The fourth-order valence-electron chi connectivity index (χ4n) is 5.63. The lowest BCUT2D eigenvalue weighted by atomic mass is 9.95. The van der Waals surface area contributed by atoms with Crippen LogP contribution in [0.3, 0.4) is 0 Å². The van der Waals surface area contributed by atoms with Crippen LogP contribution in [0.4, 0.5) is 10.5 Å². The molecule has 0 saturated carbocycles. The number of amides is 3. The molecule has 1 unspecified atom stereocenters. The number of rotatable bonds is 9. The van der Waals surface area contributed by atoms with Crippen LogP contribution in [0.2, 0.25) is 0 Å². The lowest BCUT2D eigenvalue weighted by Crippen LogP contribution is -2.51. The lowest BCUT2D eigenvalue weighted by Gasteiger charge is -2.39. The minimum atomic E-state index is -0.316. The monoisotopic (exact) mass is 500 g/mol.